The molecule has 1 saturated carbocycles. The van der Waals surface area contributed by atoms with Crippen molar-refractivity contribution in [3.05, 3.63) is 22.7 Å². The molecule has 1 amide bonds. The number of nitrogens with one attached hydrogen (secondary N) is 1. The van der Waals surface area contributed by atoms with Crippen LogP contribution in [-0.2, 0) is 11.3 Å². The van der Waals surface area contributed by atoms with Gasteiger partial charge in [0.1, 0.15) is 0 Å². The first kappa shape index (κ1) is 15.9. The van der Waals surface area contributed by atoms with E-state index in [1.165, 1.54) is 26.4 Å². The Hall–Kier alpha value is -1.46. The third kappa shape index (κ3) is 4.02. The number of rotatable bonds is 7. The zero-order valence-electron chi connectivity index (χ0n) is 12.4. The second-order valence-corrected chi connectivity index (χ2v) is 6.04. The Balaban J connectivity index is 2.09. The normalized spacial score (nSPS) is 16.1. The molecule has 0 aromatic heterocycles. The van der Waals surface area contributed by atoms with Crippen LogP contribution in [0.4, 0.5) is 0 Å². The molecule has 0 heterocycles. The summed E-state index contributed by atoms with van der Waals surface area (Å²) in [4.78, 5) is 10.8. The van der Waals surface area contributed by atoms with E-state index in [1.54, 1.807) is 0 Å². The van der Waals surface area contributed by atoms with E-state index in [0.717, 1.165) is 5.56 Å². The summed E-state index contributed by atoms with van der Waals surface area (Å²) in [6.07, 6.45) is 3.66. The van der Waals surface area contributed by atoms with Crippen LogP contribution in [0.2, 0.25) is 5.02 Å². The van der Waals surface area contributed by atoms with Gasteiger partial charge in [0, 0.05) is 12.1 Å². The number of ether oxygens (including phenoxy) is 2. The van der Waals surface area contributed by atoms with Gasteiger partial charge in [0.15, 0.2) is 18.1 Å². The van der Waals surface area contributed by atoms with E-state index in [-0.39, 0.29) is 12.1 Å². The van der Waals surface area contributed by atoms with Crippen LogP contribution in [-0.4, -0.2) is 25.2 Å². The summed E-state index contributed by atoms with van der Waals surface area (Å²) in [7, 11) is 1.53. The van der Waals surface area contributed by atoms with E-state index >= 15 is 0 Å². The van der Waals surface area contributed by atoms with Gasteiger partial charge >= 0.3 is 0 Å². The standard InChI is InChI=1S/C15H21ClN2O3/c1-15(4-3-5-15)18-8-10-6-11(16)14(12(7-10)20-2)21-9-13(17)19/h6-7,18H,3-5,8-9H2,1-2H3,(H2,17,19). The van der Waals surface area contributed by atoms with Gasteiger partial charge < -0.3 is 20.5 Å². The Labute approximate surface area is 129 Å². The lowest BCUT2D eigenvalue weighted by molar-refractivity contribution is -0.119. The Morgan fingerprint density at radius 3 is 2.71 bits per heavy atom. The van der Waals surface area contributed by atoms with Crippen LogP contribution in [0.25, 0.3) is 0 Å². The third-order valence-electron chi connectivity index (χ3n) is 3.82. The molecule has 0 atom stereocenters. The number of methoxy groups -OCH3 is 1. The minimum Gasteiger partial charge on any atom is -0.493 e. The Morgan fingerprint density at radius 1 is 1.48 bits per heavy atom. The van der Waals surface area contributed by atoms with E-state index in [2.05, 4.69) is 12.2 Å². The summed E-state index contributed by atoms with van der Waals surface area (Å²) in [5, 5.41) is 3.94. The Bertz CT molecular complexity index is 530. The first-order chi connectivity index (χ1) is 9.93. The molecule has 0 saturated heterocycles. The zero-order chi connectivity index (χ0) is 15.5. The molecule has 1 aliphatic carbocycles. The Morgan fingerprint density at radius 2 is 2.19 bits per heavy atom. The van der Waals surface area contributed by atoms with Crippen LogP contribution < -0.4 is 20.5 Å². The fraction of sp³-hybridized carbons (Fsp3) is 0.533. The SMILES string of the molecule is COc1cc(CNC2(C)CCC2)cc(Cl)c1OCC(N)=O. The maximum Gasteiger partial charge on any atom is 0.255 e. The number of benzene rings is 1. The van der Waals surface area contributed by atoms with Gasteiger partial charge in [-0.1, -0.05) is 11.6 Å². The quantitative estimate of drug-likeness (QED) is 0.810. The molecule has 1 aromatic carbocycles. The van der Waals surface area contributed by atoms with Crippen molar-refractivity contribution in [2.75, 3.05) is 13.7 Å². The lowest BCUT2D eigenvalue weighted by Crippen LogP contribution is -2.47. The molecular weight excluding hydrogens is 292 g/mol. The highest BCUT2D eigenvalue weighted by Gasteiger charge is 2.30. The zero-order valence-corrected chi connectivity index (χ0v) is 13.1. The van der Waals surface area contributed by atoms with Crippen molar-refractivity contribution >= 4 is 17.5 Å². The van der Waals surface area contributed by atoms with Gasteiger partial charge in [-0.25, -0.2) is 0 Å². The van der Waals surface area contributed by atoms with E-state index in [9.17, 15) is 4.79 Å². The molecule has 116 valence electrons. The fourth-order valence-electron chi connectivity index (χ4n) is 2.36. The minimum atomic E-state index is -0.559. The van der Waals surface area contributed by atoms with Crippen molar-refractivity contribution < 1.29 is 14.3 Å². The smallest absolute Gasteiger partial charge is 0.255 e. The summed E-state index contributed by atoms with van der Waals surface area (Å²) in [5.74, 6) is 0.285. The second-order valence-electron chi connectivity index (χ2n) is 5.63. The molecule has 21 heavy (non-hydrogen) atoms. The average Bonchev–Trinajstić information content (AvgIpc) is 2.41. The molecule has 3 N–H and O–H groups in total. The van der Waals surface area contributed by atoms with Gasteiger partial charge in [-0.15, -0.1) is 0 Å². The second kappa shape index (κ2) is 6.54. The van der Waals surface area contributed by atoms with Gasteiger partial charge in [0.2, 0.25) is 0 Å². The number of nitrogens with two attached hydrogens (primary N) is 1. The number of halogens is 1. The maximum atomic E-state index is 10.8. The average molecular weight is 313 g/mol. The van der Waals surface area contributed by atoms with Crippen molar-refractivity contribution in [3.8, 4) is 11.5 Å². The number of amides is 1. The summed E-state index contributed by atoms with van der Waals surface area (Å²) in [6.45, 7) is 2.70. The van der Waals surface area contributed by atoms with Crippen molar-refractivity contribution in [1.82, 2.24) is 5.32 Å². The number of carbonyl (C=O) groups excluding carboxylic acids is 1. The minimum absolute atomic E-state index is 0.223. The van der Waals surface area contributed by atoms with Crippen molar-refractivity contribution in [3.63, 3.8) is 0 Å². The molecule has 1 fully saturated rings. The van der Waals surface area contributed by atoms with Crippen LogP contribution in [0.3, 0.4) is 0 Å². The topological polar surface area (TPSA) is 73.6 Å². The van der Waals surface area contributed by atoms with Crippen LogP contribution in [0, 0.1) is 0 Å². The summed E-state index contributed by atoms with van der Waals surface area (Å²) < 4.78 is 10.6. The first-order valence-corrected chi connectivity index (χ1v) is 7.34. The molecule has 2 rings (SSSR count). The molecule has 0 spiro atoms. The number of hydrogen-bond acceptors (Lipinski definition) is 4. The molecule has 0 unspecified atom stereocenters. The van der Waals surface area contributed by atoms with Crippen LogP contribution in [0.5, 0.6) is 11.5 Å². The molecule has 0 bridgehead atoms. The highest BCUT2D eigenvalue weighted by molar-refractivity contribution is 6.32. The molecule has 6 heteroatoms. The maximum absolute atomic E-state index is 10.8. The van der Waals surface area contributed by atoms with Crippen LogP contribution >= 0.6 is 11.6 Å². The summed E-state index contributed by atoms with van der Waals surface area (Å²) in [5.41, 5.74) is 6.30. The largest absolute Gasteiger partial charge is 0.493 e. The van der Waals surface area contributed by atoms with Crippen LogP contribution in [0.15, 0.2) is 12.1 Å². The predicted octanol–water partition coefficient (Wildman–Crippen LogP) is 2.24. The predicted molar refractivity (Wildman–Crippen MR) is 81.8 cm³/mol. The Kier molecular flexibility index (Phi) is 4.96. The summed E-state index contributed by atoms with van der Waals surface area (Å²) >= 11 is 6.21. The lowest BCUT2D eigenvalue weighted by atomic mass is 9.78. The van der Waals surface area contributed by atoms with Gasteiger partial charge in [0.05, 0.1) is 12.1 Å². The molecule has 5 nitrogen and oxygen atoms in total. The molecule has 1 aromatic rings. The highest BCUT2D eigenvalue weighted by atomic mass is 35.5. The van der Waals surface area contributed by atoms with Gasteiger partial charge in [-0.05, 0) is 43.9 Å². The van der Waals surface area contributed by atoms with Crippen molar-refractivity contribution in [2.45, 2.75) is 38.3 Å². The van der Waals surface area contributed by atoms with E-state index in [4.69, 9.17) is 26.8 Å². The van der Waals surface area contributed by atoms with Gasteiger partial charge in [-0.3, -0.25) is 4.79 Å². The van der Waals surface area contributed by atoms with Crippen LogP contribution in [0.1, 0.15) is 31.7 Å². The first-order valence-electron chi connectivity index (χ1n) is 6.96. The number of primary amides is 1. The van der Waals surface area contributed by atoms with Crippen molar-refractivity contribution in [2.24, 2.45) is 5.73 Å². The molecule has 1 aliphatic rings. The van der Waals surface area contributed by atoms with Gasteiger partial charge in [0.25, 0.3) is 5.91 Å². The number of carbonyl (C=O) groups is 1. The lowest BCUT2D eigenvalue weighted by Gasteiger charge is -2.39. The van der Waals surface area contributed by atoms with E-state index in [0.29, 0.717) is 23.1 Å². The monoisotopic (exact) mass is 312 g/mol. The molecule has 0 radical (unpaired) electrons. The highest BCUT2D eigenvalue weighted by Crippen LogP contribution is 2.37. The molecule has 0 aliphatic heterocycles. The third-order valence-corrected chi connectivity index (χ3v) is 4.11. The number of hydrogen-bond donors (Lipinski definition) is 2. The van der Waals surface area contributed by atoms with Gasteiger partial charge in [-0.2, -0.15) is 0 Å². The molecular formula is C15H21ClN2O3. The summed E-state index contributed by atoms with van der Waals surface area (Å²) in [6, 6.07) is 3.67. The van der Waals surface area contributed by atoms with E-state index in [1.807, 2.05) is 12.1 Å². The van der Waals surface area contributed by atoms with Crippen molar-refractivity contribution in [1.29, 1.82) is 0 Å². The van der Waals surface area contributed by atoms with E-state index < -0.39 is 5.91 Å². The fourth-order valence-corrected chi connectivity index (χ4v) is 2.65.